The summed E-state index contributed by atoms with van der Waals surface area (Å²) in [5, 5.41) is 3.19. The van der Waals surface area contributed by atoms with Crippen molar-refractivity contribution in [3.05, 3.63) is 114 Å². The number of anilines is 1. The Morgan fingerprint density at radius 2 is 1.43 bits per heavy atom. The highest BCUT2D eigenvalue weighted by molar-refractivity contribution is 7.92. The molecule has 1 aliphatic carbocycles. The fourth-order valence-corrected chi connectivity index (χ4v) is 7.54. The highest BCUT2D eigenvalue weighted by Gasteiger charge is 2.36. The van der Waals surface area contributed by atoms with Gasteiger partial charge in [0, 0.05) is 25.1 Å². The zero-order valence-electron chi connectivity index (χ0n) is 28.1. The first-order valence-electron chi connectivity index (χ1n) is 16.3. The molecule has 1 aliphatic rings. The molecule has 0 heterocycles. The molecule has 4 aromatic rings. The highest BCUT2D eigenvalue weighted by Crippen LogP contribution is 2.34. The standard InChI is InChI=1S/C38H43N3O7S/c1-46-32-18-12-15-29(23-32)26-40(34(24-28-13-6-4-7-14-28)38(43)39-30-16-10-11-17-30)37(42)27-41(49(44,45)33-19-8-5-9-20-33)31-21-22-35(47-2)36(25-31)48-3/h4-9,12-15,18-23,25,30,34H,10-11,16-17,24,26-27H2,1-3H3,(H,39,43). The Balaban J connectivity index is 1.60. The molecule has 1 saturated carbocycles. The third kappa shape index (κ3) is 8.72. The monoisotopic (exact) mass is 685 g/mol. The van der Waals surface area contributed by atoms with Gasteiger partial charge in [0.1, 0.15) is 18.3 Å². The Hall–Kier alpha value is -5.03. The van der Waals surface area contributed by atoms with E-state index >= 15 is 0 Å². The quantitative estimate of drug-likeness (QED) is 0.173. The molecule has 0 bridgehead atoms. The molecule has 0 aromatic heterocycles. The van der Waals surface area contributed by atoms with Crippen LogP contribution in [-0.4, -0.2) is 65.1 Å². The Morgan fingerprint density at radius 1 is 0.776 bits per heavy atom. The highest BCUT2D eigenvalue weighted by atomic mass is 32.2. The van der Waals surface area contributed by atoms with Gasteiger partial charge in [-0.15, -0.1) is 0 Å². The largest absolute Gasteiger partial charge is 0.497 e. The minimum absolute atomic E-state index is 0.0109. The SMILES string of the molecule is COc1cccc(CN(C(=O)CN(c2ccc(OC)c(OC)c2)S(=O)(=O)c2ccccc2)C(Cc2ccccc2)C(=O)NC2CCCC2)c1. The number of benzene rings is 4. The summed E-state index contributed by atoms with van der Waals surface area (Å²) in [6, 6.07) is 28.5. The van der Waals surface area contributed by atoms with E-state index in [-0.39, 0.29) is 35.5 Å². The second-order valence-electron chi connectivity index (χ2n) is 11.9. The molecule has 1 unspecified atom stereocenters. The van der Waals surface area contributed by atoms with Gasteiger partial charge in [-0.05, 0) is 60.4 Å². The van der Waals surface area contributed by atoms with Crippen molar-refractivity contribution in [2.45, 2.75) is 55.6 Å². The van der Waals surface area contributed by atoms with Crippen LogP contribution in [-0.2, 0) is 32.6 Å². The van der Waals surface area contributed by atoms with E-state index in [2.05, 4.69) is 5.32 Å². The van der Waals surface area contributed by atoms with Gasteiger partial charge in [0.2, 0.25) is 11.8 Å². The first kappa shape index (κ1) is 35.3. The number of nitrogens with zero attached hydrogens (tertiary/aromatic N) is 2. The number of rotatable bonds is 15. The summed E-state index contributed by atoms with van der Waals surface area (Å²) in [6.45, 7) is -0.546. The van der Waals surface area contributed by atoms with Crippen molar-refractivity contribution in [3.63, 3.8) is 0 Å². The molecule has 0 aliphatic heterocycles. The van der Waals surface area contributed by atoms with Crippen molar-refractivity contribution in [3.8, 4) is 17.2 Å². The van der Waals surface area contributed by atoms with Crippen molar-refractivity contribution in [1.29, 1.82) is 0 Å². The number of nitrogens with one attached hydrogen (secondary N) is 1. The van der Waals surface area contributed by atoms with Crippen LogP contribution < -0.4 is 23.8 Å². The molecule has 5 rings (SSSR count). The summed E-state index contributed by atoms with van der Waals surface area (Å²) < 4.78 is 46.0. The van der Waals surface area contributed by atoms with E-state index in [0.717, 1.165) is 41.1 Å². The van der Waals surface area contributed by atoms with Gasteiger partial charge in [0.15, 0.2) is 11.5 Å². The lowest BCUT2D eigenvalue weighted by molar-refractivity contribution is -0.140. The lowest BCUT2D eigenvalue weighted by Gasteiger charge is -2.34. The summed E-state index contributed by atoms with van der Waals surface area (Å²) >= 11 is 0. The van der Waals surface area contributed by atoms with Crippen LogP contribution in [0.1, 0.15) is 36.8 Å². The normalized spacial score (nSPS) is 13.7. The first-order chi connectivity index (χ1) is 23.7. The number of amides is 2. The molecule has 4 aromatic carbocycles. The summed E-state index contributed by atoms with van der Waals surface area (Å²) in [5.41, 5.74) is 1.79. The average Bonchev–Trinajstić information content (AvgIpc) is 3.65. The van der Waals surface area contributed by atoms with Gasteiger partial charge in [0.05, 0.1) is 31.9 Å². The van der Waals surface area contributed by atoms with Crippen molar-refractivity contribution < 1.29 is 32.2 Å². The number of methoxy groups -OCH3 is 3. The van der Waals surface area contributed by atoms with E-state index < -0.39 is 28.5 Å². The number of carbonyl (C=O) groups is 2. The molecule has 258 valence electrons. The summed E-state index contributed by atoms with van der Waals surface area (Å²) in [5.74, 6) is 0.460. The number of hydrogen-bond donors (Lipinski definition) is 1. The fourth-order valence-electron chi connectivity index (χ4n) is 6.12. The second-order valence-corrected chi connectivity index (χ2v) is 13.8. The van der Waals surface area contributed by atoms with E-state index in [1.165, 1.54) is 37.3 Å². The predicted octanol–water partition coefficient (Wildman–Crippen LogP) is 5.61. The van der Waals surface area contributed by atoms with E-state index in [1.54, 1.807) is 43.5 Å². The Kier molecular flexibility index (Phi) is 11.8. The predicted molar refractivity (Wildman–Crippen MR) is 188 cm³/mol. The molecule has 1 fully saturated rings. The smallest absolute Gasteiger partial charge is 0.264 e. The number of ether oxygens (including phenoxy) is 3. The maximum absolute atomic E-state index is 14.8. The number of hydrogen-bond acceptors (Lipinski definition) is 7. The number of sulfonamides is 1. The maximum atomic E-state index is 14.8. The van der Waals surface area contributed by atoms with Gasteiger partial charge < -0.3 is 24.4 Å². The zero-order chi connectivity index (χ0) is 34.8. The summed E-state index contributed by atoms with van der Waals surface area (Å²) in [7, 11) is 0.235. The molecule has 0 saturated heterocycles. The maximum Gasteiger partial charge on any atom is 0.264 e. The third-order valence-electron chi connectivity index (χ3n) is 8.72. The van der Waals surface area contributed by atoms with Gasteiger partial charge in [-0.25, -0.2) is 8.42 Å². The molecule has 10 nitrogen and oxygen atoms in total. The Bertz CT molecular complexity index is 1810. The lowest BCUT2D eigenvalue weighted by atomic mass is 10.0. The van der Waals surface area contributed by atoms with Crippen LogP contribution in [0, 0.1) is 0 Å². The molecular weight excluding hydrogens is 642 g/mol. The van der Waals surface area contributed by atoms with Gasteiger partial charge in [0.25, 0.3) is 10.0 Å². The third-order valence-corrected chi connectivity index (χ3v) is 10.5. The molecule has 1 N–H and O–H groups in total. The molecule has 0 radical (unpaired) electrons. The number of carbonyl (C=O) groups excluding carboxylic acids is 2. The fraction of sp³-hybridized carbons (Fsp3) is 0.316. The van der Waals surface area contributed by atoms with E-state index in [9.17, 15) is 18.0 Å². The Labute approximate surface area is 288 Å². The average molecular weight is 686 g/mol. The van der Waals surface area contributed by atoms with Crippen molar-refractivity contribution in [1.82, 2.24) is 10.2 Å². The van der Waals surface area contributed by atoms with Gasteiger partial charge in [-0.2, -0.15) is 0 Å². The van der Waals surface area contributed by atoms with Crippen LogP contribution in [0.15, 0.2) is 108 Å². The summed E-state index contributed by atoms with van der Waals surface area (Å²) in [6.07, 6.45) is 4.03. The van der Waals surface area contributed by atoms with Crippen LogP contribution in [0.25, 0.3) is 0 Å². The molecular formula is C38H43N3O7S. The molecule has 2 amide bonds. The van der Waals surface area contributed by atoms with Crippen molar-refractivity contribution >= 4 is 27.5 Å². The van der Waals surface area contributed by atoms with Crippen molar-refractivity contribution in [2.75, 3.05) is 32.2 Å². The van der Waals surface area contributed by atoms with Crippen LogP contribution in [0.5, 0.6) is 17.2 Å². The van der Waals surface area contributed by atoms with Gasteiger partial charge in [-0.3, -0.25) is 13.9 Å². The van der Waals surface area contributed by atoms with Crippen LogP contribution in [0.3, 0.4) is 0 Å². The Morgan fingerprint density at radius 3 is 2.08 bits per heavy atom. The molecule has 49 heavy (non-hydrogen) atoms. The molecule has 1 atom stereocenters. The van der Waals surface area contributed by atoms with Crippen molar-refractivity contribution in [2.24, 2.45) is 0 Å². The van der Waals surface area contributed by atoms with E-state index in [1.807, 2.05) is 48.5 Å². The van der Waals surface area contributed by atoms with Gasteiger partial charge in [-0.1, -0.05) is 73.5 Å². The van der Waals surface area contributed by atoms with E-state index in [0.29, 0.717) is 17.2 Å². The second kappa shape index (κ2) is 16.4. The van der Waals surface area contributed by atoms with Crippen LogP contribution in [0.4, 0.5) is 5.69 Å². The zero-order valence-corrected chi connectivity index (χ0v) is 28.9. The minimum atomic E-state index is -4.27. The first-order valence-corrected chi connectivity index (χ1v) is 17.7. The topological polar surface area (TPSA) is 114 Å². The van der Waals surface area contributed by atoms with Crippen LogP contribution in [0.2, 0.25) is 0 Å². The molecule has 0 spiro atoms. The van der Waals surface area contributed by atoms with Gasteiger partial charge >= 0.3 is 0 Å². The minimum Gasteiger partial charge on any atom is -0.497 e. The molecule has 11 heteroatoms. The summed E-state index contributed by atoms with van der Waals surface area (Å²) in [4.78, 5) is 30.5. The van der Waals surface area contributed by atoms with E-state index in [4.69, 9.17) is 14.2 Å². The van der Waals surface area contributed by atoms with Crippen LogP contribution >= 0.6 is 0 Å². The lowest BCUT2D eigenvalue weighted by Crippen LogP contribution is -2.54.